The highest BCUT2D eigenvalue weighted by Crippen LogP contribution is 2.23. The molecule has 2 heterocycles. The maximum Gasteiger partial charge on any atom is 0.254 e. The fraction of sp³-hybridized carbons (Fsp3) is 0.444. The number of carbonyl (C=O) groups excluding carboxylic acids is 1. The normalized spacial score (nSPS) is 14.5. The number of nitrogens with two attached hydrogens (primary N) is 1. The van der Waals surface area contributed by atoms with Crippen LogP contribution in [0.15, 0.2) is 33.6 Å². The number of benzene rings is 1. The average Bonchev–Trinajstić information content (AvgIpc) is 3.00. The molecule has 8 heteroatoms. The van der Waals surface area contributed by atoms with Crippen LogP contribution in [0.2, 0.25) is 0 Å². The summed E-state index contributed by atoms with van der Waals surface area (Å²) in [5.74, 6) is 2.01. The molecule has 1 aromatic heterocycles. The van der Waals surface area contributed by atoms with Gasteiger partial charge in [-0.1, -0.05) is 13.8 Å². The Morgan fingerprint density at radius 2 is 2.00 bits per heavy atom. The number of carbonyl (C=O) groups is 1. The van der Waals surface area contributed by atoms with Crippen molar-refractivity contribution in [2.24, 2.45) is 11.1 Å². The van der Waals surface area contributed by atoms with E-state index in [4.69, 9.17) is 9.56 Å². The molecule has 26 heavy (non-hydrogen) atoms. The number of primary sulfonamides is 1. The average molecular weight is 377 g/mol. The molecule has 7 nitrogen and oxygen atoms in total. The van der Waals surface area contributed by atoms with E-state index in [9.17, 15) is 13.2 Å². The van der Waals surface area contributed by atoms with Gasteiger partial charge in [-0.15, -0.1) is 0 Å². The summed E-state index contributed by atoms with van der Waals surface area (Å²) in [7, 11) is -3.77. The number of hydrogen-bond acceptors (Lipinski definition) is 5. The fourth-order valence-corrected chi connectivity index (χ4v) is 3.43. The van der Waals surface area contributed by atoms with Gasteiger partial charge in [-0.25, -0.2) is 18.5 Å². The first-order chi connectivity index (χ1) is 12.2. The molecule has 1 aliphatic heterocycles. The van der Waals surface area contributed by atoms with Crippen molar-refractivity contribution in [3.63, 3.8) is 0 Å². The van der Waals surface area contributed by atoms with Crippen molar-refractivity contribution in [3.05, 3.63) is 47.2 Å². The second kappa shape index (κ2) is 7.20. The van der Waals surface area contributed by atoms with Gasteiger partial charge in [0.25, 0.3) is 5.91 Å². The minimum Gasteiger partial charge on any atom is -0.445 e. The molecule has 1 aromatic carbocycles. The summed E-state index contributed by atoms with van der Waals surface area (Å²) in [4.78, 5) is 18.9. The number of amides is 1. The van der Waals surface area contributed by atoms with Gasteiger partial charge in [-0.05, 0) is 36.6 Å². The largest absolute Gasteiger partial charge is 0.445 e. The molecule has 0 spiro atoms. The summed E-state index contributed by atoms with van der Waals surface area (Å²) < 4.78 is 28.4. The lowest BCUT2D eigenvalue weighted by Gasteiger charge is -2.25. The van der Waals surface area contributed by atoms with Crippen LogP contribution in [0.1, 0.15) is 48.0 Å². The minimum absolute atomic E-state index is 0.0127. The van der Waals surface area contributed by atoms with Gasteiger partial charge in [0, 0.05) is 24.9 Å². The molecular formula is C18H23N3O4S. The SMILES string of the molecule is CC(C)CCc1nc2c(o1)CCN(C(=O)c1ccc(S(N)(=O)=O)cc1)C2. The van der Waals surface area contributed by atoms with Gasteiger partial charge >= 0.3 is 0 Å². The molecule has 140 valence electrons. The zero-order chi connectivity index (χ0) is 18.9. The highest BCUT2D eigenvalue weighted by atomic mass is 32.2. The summed E-state index contributed by atoms with van der Waals surface area (Å²) in [5, 5.41) is 5.08. The van der Waals surface area contributed by atoms with Crippen molar-refractivity contribution < 1.29 is 17.6 Å². The summed E-state index contributed by atoms with van der Waals surface area (Å²) in [6.07, 6.45) is 2.44. The van der Waals surface area contributed by atoms with Crippen molar-refractivity contribution in [2.75, 3.05) is 6.54 Å². The molecule has 0 unspecified atom stereocenters. The molecule has 0 fully saturated rings. The van der Waals surface area contributed by atoms with E-state index in [1.807, 2.05) is 0 Å². The van der Waals surface area contributed by atoms with Crippen LogP contribution in [0, 0.1) is 5.92 Å². The topological polar surface area (TPSA) is 106 Å². The van der Waals surface area contributed by atoms with E-state index in [0.717, 1.165) is 30.2 Å². The monoisotopic (exact) mass is 377 g/mol. The standard InChI is InChI=1S/C18H23N3O4S/c1-12(2)3-8-17-20-15-11-21(10-9-16(15)25-17)18(22)13-4-6-14(7-5-13)26(19,23)24/h4-7,12H,3,8-11H2,1-2H3,(H2,19,23,24). The van der Waals surface area contributed by atoms with Crippen LogP contribution in [0.5, 0.6) is 0 Å². The lowest BCUT2D eigenvalue weighted by molar-refractivity contribution is 0.0727. The number of rotatable bonds is 5. The lowest BCUT2D eigenvalue weighted by atomic mass is 10.1. The minimum atomic E-state index is -3.77. The molecule has 0 bridgehead atoms. The Labute approximate surface area is 153 Å². The number of oxazole rings is 1. The molecule has 3 rings (SSSR count). The Bertz CT molecular complexity index is 901. The number of hydrogen-bond donors (Lipinski definition) is 1. The van der Waals surface area contributed by atoms with Crippen LogP contribution in [0.4, 0.5) is 0 Å². The quantitative estimate of drug-likeness (QED) is 0.859. The maximum absolute atomic E-state index is 12.7. The smallest absolute Gasteiger partial charge is 0.254 e. The highest BCUT2D eigenvalue weighted by molar-refractivity contribution is 7.89. The highest BCUT2D eigenvalue weighted by Gasteiger charge is 2.26. The van der Waals surface area contributed by atoms with Gasteiger partial charge in [0.05, 0.1) is 11.4 Å². The summed E-state index contributed by atoms with van der Waals surface area (Å²) >= 11 is 0. The van der Waals surface area contributed by atoms with Crippen LogP contribution in [-0.4, -0.2) is 30.8 Å². The number of nitrogens with zero attached hydrogens (tertiary/aromatic N) is 2. The predicted molar refractivity (Wildman–Crippen MR) is 95.9 cm³/mol. The fourth-order valence-electron chi connectivity index (χ4n) is 2.91. The zero-order valence-electron chi connectivity index (χ0n) is 14.9. The third-order valence-corrected chi connectivity index (χ3v) is 5.35. The molecule has 0 saturated heterocycles. The van der Waals surface area contributed by atoms with Crippen molar-refractivity contribution in [1.82, 2.24) is 9.88 Å². The molecular weight excluding hydrogens is 354 g/mol. The maximum atomic E-state index is 12.7. The molecule has 1 amide bonds. The molecule has 0 radical (unpaired) electrons. The number of aryl methyl sites for hydroxylation is 1. The lowest BCUT2D eigenvalue weighted by Crippen LogP contribution is -2.35. The van der Waals surface area contributed by atoms with Gasteiger partial charge in [0.15, 0.2) is 5.89 Å². The van der Waals surface area contributed by atoms with Gasteiger partial charge in [0.1, 0.15) is 11.5 Å². The van der Waals surface area contributed by atoms with Crippen LogP contribution in [0.3, 0.4) is 0 Å². The van der Waals surface area contributed by atoms with E-state index in [0.29, 0.717) is 31.0 Å². The molecule has 0 aliphatic carbocycles. The van der Waals surface area contributed by atoms with Crippen molar-refractivity contribution in [1.29, 1.82) is 0 Å². The molecule has 0 saturated carbocycles. The van der Waals surface area contributed by atoms with E-state index in [-0.39, 0.29) is 10.8 Å². The molecule has 2 aromatic rings. The third-order valence-electron chi connectivity index (χ3n) is 4.42. The van der Waals surface area contributed by atoms with E-state index >= 15 is 0 Å². The van der Waals surface area contributed by atoms with E-state index in [1.54, 1.807) is 4.90 Å². The Morgan fingerprint density at radius 3 is 2.62 bits per heavy atom. The first-order valence-electron chi connectivity index (χ1n) is 8.63. The van der Waals surface area contributed by atoms with Crippen LogP contribution in [-0.2, 0) is 29.4 Å². The molecule has 2 N–H and O–H groups in total. The van der Waals surface area contributed by atoms with Crippen molar-refractivity contribution >= 4 is 15.9 Å². The first-order valence-corrected chi connectivity index (χ1v) is 10.2. The van der Waals surface area contributed by atoms with Crippen molar-refractivity contribution in [3.8, 4) is 0 Å². The van der Waals surface area contributed by atoms with Gasteiger partial charge in [-0.3, -0.25) is 4.79 Å². The zero-order valence-corrected chi connectivity index (χ0v) is 15.8. The molecule has 1 aliphatic rings. The Morgan fingerprint density at radius 1 is 1.31 bits per heavy atom. The van der Waals surface area contributed by atoms with Gasteiger partial charge in [0.2, 0.25) is 10.0 Å². The predicted octanol–water partition coefficient (Wildman–Crippen LogP) is 2.11. The summed E-state index contributed by atoms with van der Waals surface area (Å²) in [5.41, 5.74) is 1.23. The first kappa shape index (κ1) is 18.6. The second-order valence-electron chi connectivity index (χ2n) is 6.96. The Hall–Kier alpha value is -2.19. The van der Waals surface area contributed by atoms with E-state index < -0.39 is 10.0 Å². The van der Waals surface area contributed by atoms with Crippen LogP contribution in [0.25, 0.3) is 0 Å². The molecule has 0 atom stereocenters. The van der Waals surface area contributed by atoms with Crippen molar-refractivity contribution in [2.45, 2.75) is 44.6 Å². The van der Waals surface area contributed by atoms with Crippen LogP contribution >= 0.6 is 0 Å². The Kier molecular flexibility index (Phi) is 5.15. The van der Waals surface area contributed by atoms with E-state index in [1.165, 1.54) is 24.3 Å². The number of sulfonamides is 1. The Balaban J connectivity index is 1.71. The van der Waals surface area contributed by atoms with Crippen LogP contribution < -0.4 is 5.14 Å². The van der Waals surface area contributed by atoms with E-state index in [2.05, 4.69) is 18.8 Å². The number of aromatic nitrogens is 1. The second-order valence-corrected chi connectivity index (χ2v) is 8.52. The van der Waals surface area contributed by atoms with Gasteiger partial charge in [-0.2, -0.15) is 0 Å². The van der Waals surface area contributed by atoms with Gasteiger partial charge < -0.3 is 9.32 Å². The summed E-state index contributed by atoms with van der Waals surface area (Å²) in [6, 6.07) is 5.65. The summed E-state index contributed by atoms with van der Waals surface area (Å²) in [6.45, 7) is 5.26. The number of fused-ring (bicyclic) bond motifs is 1. The third kappa shape index (κ3) is 4.13.